The van der Waals surface area contributed by atoms with Crippen LogP contribution in [0.2, 0.25) is 0 Å². The molecule has 0 aliphatic carbocycles. The Morgan fingerprint density at radius 2 is 2.12 bits per heavy atom. The summed E-state index contributed by atoms with van der Waals surface area (Å²) in [6.45, 7) is 7.71. The first-order chi connectivity index (χ1) is 12.1. The molecule has 1 aromatic rings. The molecule has 2 unspecified atom stereocenters. The van der Waals surface area contributed by atoms with Gasteiger partial charge in [-0.05, 0) is 27.7 Å². The lowest BCUT2D eigenvalue weighted by Crippen LogP contribution is -2.45. The van der Waals surface area contributed by atoms with Crippen LogP contribution in [0, 0.1) is 0 Å². The number of aliphatic hydroxyl groups is 1. The SMILES string of the molecule is CC1Cc2nn3c(c2CN1C(=O)OC(C)(C)C)C(=O)N(C)OC(CO)C3. The Morgan fingerprint density at radius 3 is 2.73 bits per heavy atom. The highest BCUT2D eigenvalue weighted by Gasteiger charge is 2.38. The van der Waals surface area contributed by atoms with Gasteiger partial charge in [0, 0.05) is 25.1 Å². The average molecular weight is 366 g/mol. The molecule has 0 aromatic carbocycles. The topological polar surface area (TPSA) is 97.1 Å². The number of hydrogen-bond acceptors (Lipinski definition) is 6. The van der Waals surface area contributed by atoms with Crippen LogP contribution in [0.5, 0.6) is 0 Å². The van der Waals surface area contributed by atoms with E-state index in [1.54, 1.807) is 9.58 Å². The van der Waals surface area contributed by atoms with Crippen molar-refractivity contribution in [2.24, 2.45) is 0 Å². The van der Waals surface area contributed by atoms with Gasteiger partial charge in [0.05, 0.1) is 25.4 Å². The molecule has 26 heavy (non-hydrogen) atoms. The van der Waals surface area contributed by atoms with Gasteiger partial charge in [-0.25, -0.2) is 9.86 Å². The second-order valence-electron chi connectivity index (χ2n) is 7.83. The minimum Gasteiger partial charge on any atom is -0.444 e. The molecule has 2 atom stereocenters. The van der Waals surface area contributed by atoms with E-state index in [9.17, 15) is 14.7 Å². The zero-order valence-corrected chi connectivity index (χ0v) is 15.9. The van der Waals surface area contributed by atoms with Crippen molar-refractivity contribution < 1.29 is 24.3 Å². The fourth-order valence-corrected chi connectivity index (χ4v) is 3.27. The van der Waals surface area contributed by atoms with E-state index in [4.69, 9.17) is 9.57 Å². The fraction of sp³-hybridized carbons (Fsp3) is 0.706. The first-order valence-electron chi connectivity index (χ1n) is 8.74. The van der Waals surface area contributed by atoms with Crippen LogP contribution in [-0.4, -0.2) is 68.3 Å². The highest BCUT2D eigenvalue weighted by molar-refractivity contribution is 5.94. The molecular weight excluding hydrogens is 340 g/mol. The maximum Gasteiger partial charge on any atom is 0.410 e. The van der Waals surface area contributed by atoms with Crippen LogP contribution in [-0.2, 0) is 29.1 Å². The standard InChI is InChI=1S/C17H26N4O5/c1-10-6-13-12(8-20(10)16(24)25-17(2,3)4)14-15(23)19(5)26-11(9-22)7-21(14)18-13/h10-11,22H,6-9H2,1-5H3. The number of nitrogens with zero attached hydrogens (tertiary/aromatic N) is 4. The Bertz CT molecular complexity index is 723. The number of carbonyl (C=O) groups excluding carboxylic acids is 2. The number of ether oxygens (including phenoxy) is 1. The monoisotopic (exact) mass is 366 g/mol. The summed E-state index contributed by atoms with van der Waals surface area (Å²) >= 11 is 0. The molecule has 2 aliphatic heterocycles. The van der Waals surface area contributed by atoms with Gasteiger partial charge < -0.3 is 14.7 Å². The number of hydrogen-bond donors (Lipinski definition) is 1. The van der Waals surface area contributed by atoms with E-state index in [-0.39, 0.29) is 31.6 Å². The number of hydroxylamine groups is 2. The number of carbonyl (C=O) groups is 2. The van der Waals surface area contributed by atoms with E-state index >= 15 is 0 Å². The van der Waals surface area contributed by atoms with Crippen LogP contribution in [0.15, 0.2) is 0 Å². The van der Waals surface area contributed by atoms with E-state index in [0.717, 1.165) is 10.8 Å². The summed E-state index contributed by atoms with van der Waals surface area (Å²) in [5.41, 5.74) is 1.32. The molecule has 144 valence electrons. The van der Waals surface area contributed by atoms with Gasteiger partial charge in [0.1, 0.15) is 17.4 Å². The lowest BCUT2D eigenvalue weighted by Gasteiger charge is -2.34. The second kappa shape index (κ2) is 6.55. The first-order valence-corrected chi connectivity index (χ1v) is 8.74. The lowest BCUT2D eigenvalue weighted by molar-refractivity contribution is -0.159. The summed E-state index contributed by atoms with van der Waals surface area (Å²) in [7, 11) is 1.51. The Kier molecular flexibility index (Phi) is 4.70. The second-order valence-corrected chi connectivity index (χ2v) is 7.83. The Morgan fingerprint density at radius 1 is 1.42 bits per heavy atom. The molecule has 2 aliphatic rings. The fourth-order valence-electron chi connectivity index (χ4n) is 3.27. The van der Waals surface area contributed by atoms with Gasteiger partial charge in [-0.3, -0.25) is 14.3 Å². The minimum absolute atomic E-state index is 0.0887. The molecule has 3 rings (SSSR count). The van der Waals surface area contributed by atoms with E-state index in [2.05, 4.69) is 5.10 Å². The van der Waals surface area contributed by atoms with Crippen molar-refractivity contribution >= 4 is 12.0 Å². The Hall–Kier alpha value is -2.13. The molecular formula is C17H26N4O5. The van der Waals surface area contributed by atoms with Crippen LogP contribution in [0.3, 0.4) is 0 Å². The van der Waals surface area contributed by atoms with E-state index in [1.165, 1.54) is 7.05 Å². The summed E-state index contributed by atoms with van der Waals surface area (Å²) in [6.07, 6.45) is -0.420. The molecule has 9 heteroatoms. The van der Waals surface area contributed by atoms with E-state index in [0.29, 0.717) is 17.7 Å². The van der Waals surface area contributed by atoms with Crippen LogP contribution in [0.4, 0.5) is 4.79 Å². The highest BCUT2D eigenvalue weighted by atomic mass is 16.7. The van der Waals surface area contributed by atoms with Crippen molar-refractivity contribution in [3.63, 3.8) is 0 Å². The number of amides is 2. The molecule has 2 amide bonds. The summed E-state index contributed by atoms with van der Waals surface area (Å²) < 4.78 is 7.08. The predicted molar refractivity (Wildman–Crippen MR) is 91.2 cm³/mol. The van der Waals surface area contributed by atoms with Crippen LogP contribution < -0.4 is 0 Å². The first kappa shape index (κ1) is 18.7. The predicted octanol–water partition coefficient (Wildman–Crippen LogP) is 0.943. The summed E-state index contributed by atoms with van der Waals surface area (Å²) in [6, 6.07) is -0.0887. The van der Waals surface area contributed by atoms with Gasteiger partial charge in [-0.1, -0.05) is 0 Å². The summed E-state index contributed by atoms with van der Waals surface area (Å²) in [5, 5.41) is 15.1. The average Bonchev–Trinajstić information content (AvgIpc) is 2.81. The summed E-state index contributed by atoms with van der Waals surface area (Å²) in [4.78, 5) is 32.4. The Labute approximate surface area is 152 Å². The molecule has 0 bridgehead atoms. The van der Waals surface area contributed by atoms with Gasteiger partial charge in [-0.2, -0.15) is 5.10 Å². The molecule has 1 N–H and O–H groups in total. The molecule has 3 heterocycles. The van der Waals surface area contributed by atoms with Gasteiger partial charge in [0.15, 0.2) is 0 Å². The van der Waals surface area contributed by atoms with Crippen molar-refractivity contribution in [1.29, 1.82) is 0 Å². The maximum absolute atomic E-state index is 12.7. The van der Waals surface area contributed by atoms with Crippen molar-refractivity contribution in [2.75, 3.05) is 13.7 Å². The van der Waals surface area contributed by atoms with Crippen LogP contribution >= 0.6 is 0 Å². The van der Waals surface area contributed by atoms with Crippen LogP contribution in [0.1, 0.15) is 49.4 Å². The zero-order chi connectivity index (χ0) is 19.2. The number of fused-ring (bicyclic) bond motifs is 3. The third-order valence-electron chi connectivity index (χ3n) is 4.49. The number of aromatic nitrogens is 2. The zero-order valence-electron chi connectivity index (χ0n) is 15.9. The minimum atomic E-state index is -0.592. The third-order valence-corrected chi connectivity index (χ3v) is 4.49. The summed E-state index contributed by atoms with van der Waals surface area (Å²) in [5.74, 6) is -0.339. The van der Waals surface area contributed by atoms with E-state index in [1.807, 2.05) is 27.7 Å². The van der Waals surface area contributed by atoms with Crippen molar-refractivity contribution in [3.05, 3.63) is 17.0 Å². The molecule has 0 radical (unpaired) electrons. The van der Waals surface area contributed by atoms with Gasteiger partial charge >= 0.3 is 6.09 Å². The smallest absolute Gasteiger partial charge is 0.410 e. The molecule has 0 saturated carbocycles. The normalized spacial score (nSPS) is 23.4. The number of aliphatic hydroxyl groups excluding tert-OH is 1. The lowest BCUT2D eigenvalue weighted by atomic mass is 9.99. The molecule has 0 saturated heterocycles. The van der Waals surface area contributed by atoms with E-state index < -0.39 is 17.8 Å². The van der Waals surface area contributed by atoms with Crippen LogP contribution in [0.25, 0.3) is 0 Å². The molecule has 1 aromatic heterocycles. The van der Waals surface area contributed by atoms with Crippen molar-refractivity contribution in [2.45, 2.75) is 65.0 Å². The van der Waals surface area contributed by atoms with Crippen molar-refractivity contribution in [1.82, 2.24) is 19.7 Å². The quantitative estimate of drug-likeness (QED) is 0.795. The van der Waals surface area contributed by atoms with Gasteiger partial charge in [0.25, 0.3) is 5.91 Å². The largest absolute Gasteiger partial charge is 0.444 e. The molecule has 0 fully saturated rings. The maximum atomic E-state index is 12.7. The van der Waals surface area contributed by atoms with Gasteiger partial charge in [0.2, 0.25) is 0 Å². The highest BCUT2D eigenvalue weighted by Crippen LogP contribution is 2.29. The third kappa shape index (κ3) is 3.41. The number of rotatable bonds is 1. The molecule has 0 spiro atoms. The van der Waals surface area contributed by atoms with Crippen molar-refractivity contribution in [3.8, 4) is 0 Å². The van der Waals surface area contributed by atoms with Gasteiger partial charge in [-0.15, -0.1) is 0 Å². The Balaban J connectivity index is 1.94. The molecule has 9 nitrogen and oxygen atoms in total.